The quantitative estimate of drug-likeness (QED) is 0.251. The zero-order chi connectivity index (χ0) is 19.5. The van der Waals surface area contributed by atoms with E-state index in [1.165, 1.54) is 0 Å². The predicted molar refractivity (Wildman–Crippen MR) is 117 cm³/mol. The van der Waals surface area contributed by atoms with Crippen molar-refractivity contribution in [2.75, 3.05) is 0 Å². The number of hydrogen-bond donors (Lipinski definition) is 0. The van der Waals surface area contributed by atoms with E-state index >= 15 is 0 Å². The Labute approximate surface area is 171 Å². The van der Waals surface area contributed by atoms with Crippen molar-refractivity contribution in [1.29, 1.82) is 0 Å². The Kier molecular flexibility index (Phi) is 5.04. The van der Waals surface area contributed by atoms with E-state index in [9.17, 15) is 10.1 Å². The third-order valence-corrected chi connectivity index (χ3v) is 5.32. The molecule has 28 heavy (non-hydrogen) atoms. The molecule has 0 amide bonds. The van der Waals surface area contributed by atoms with Gasteiger partial charge in [0.2, 0.25) is 0 Å². The number of rotatable bonds is 4. The number of nitro benzene ring substituents is 1. The van der Waals surface area contributed by atoms with E-state index in [1.54, 1.807) is 12.1 Å². The summed E-state index contributed by atoms with van der Waals surface area (Å²) in [5, 5.41) is 11.6. The van der Waals surface area contributed by atoms with Gasteiger partial charge in [-0.05, 0) is 40.5 Å². The maximum absolute atomic E-state index is 11.6. The maximum Gasteiger partial charge on any atom is 0.277 e. The van der Waals surface area contributed by atoms with Crippen LogP contribution in [0, 0.1) is 10.1 Å². The number of nitro groups is 1. The van der Waals surface area contributed by atoms with Gasteiger partial charge in [0, 0.05) is 16.1 Å². The maximum atomic E-state index is 11.6. The van der Waals surface area contributed by atoms with Gasteiger partial charge < -0.3 is 0 Å². The summed E-state index contributed by atoms with van der Waals surface area (Å²) in [5.41, 5.74) is 5.60. The lowest BCUT2D eigenvalue weighted by Crippen LogP contribution is -1.94. The lowest BCUT2D eigenvalue weighted by Gasteiger charge is -2.11. The largest absolute Gasteiger partial charge is 0.277 e. The van der Waals surface area contributed by atoms with Crippen LogP contribution in [-0.2, 0) is 0 Å². The average molecular weight is 430 g/mol. The first-order chi connectivity index (χ1) is 13.6. The van der Waals surface area contributed by atoms with Crippen molar-refractivity contribution in [3.63, 3.8) is 0 Å². The van der Waals surface area contributed by atoms with Gasteiger partial charge >= 0.3 is 0 Å². The molecule has 4 rings (SSSR count). The van der Waals surface area contributed by atoms with E-state index in [0.29, 0.717) is 5.56 Å². The topological polar surface area (TPSA) is 43.1 Å². The Morgan fingerprint density at radius 3 is 1.68 bits per heavy atom. The molecule has 4 aromatic carbocycles. The van der Waals surface area contributed by atoms with Crippen molar-refractivity contribution in [1.82, 2.24) is 0 Å². The second-order valence-corrected chi connectivity index (χ2v) is 7.27. The molecule has 0 unspecified atom stereocenters. The molecule has 136 valence electrons. The van der Waals surface area contributed by atoms with Crippen molar-refractivity contribution < 1.29 is 4.92 Å². The molecule has 0 saturated heterocycles. The van der Waals surface area contributed by atoms with Crippen LogP contribution >= 0.6 is 15.9 Å². The lowest BCUT2D eigenvalue weighted by molar-refractivity contribution is -0.384. The monoisotopic (exact) mass is 429 g/mol. The first-order valence-electron chi connectivity index (χ1n) is 8.83. The van der Waals surface area contributed by atoms with Crippen molar-refractivity contribution in [2.24, 2.45) is 0 Å². The Bertz CT molecular complexity index is 1140. The highest BCUT2D eigenvalue weighted by molar-refractivity contribution is 9.10. The Morgan fingerprint density at radius 2 is 1.14 bits per heavy atom. The Morgan fingerprint density at radius 1 is 0.607 bits per heavy atom. The molecule has 0 aromatic heterocycles. The molecule has 0 atom stereocenters. The van der Waals surface area contributed by atoms with Gasteiger partial charge in [-0.2, -0.15) is 0 Å². The van der Waals surface area contributed by atoms with Crippen LogP contribution in [0.4, 0.5) is 5.69 Å². The lowest BCUT2D eigenvalue weighted by atomic mass is 9.96. The minimum absolute atomic E-state index is 0.0906. The number of halogens is 1. The molecular formula is C24H16BrNO2. The fourth-order valence-electron chi connectivity index (χ4n) is 3.26. The molecule has 0 N–H and O–H groups in total. The molecule has 0 saturated carbocycles. The first-order valence-corrected chi connectivity index (χ1v) is 9.62. The fourth-order valence-corrected chi connectivity index (χ4v) is 3.86. The van der Waals surface area contributed by atoms with Crippen molar-refractivity contribution in [3.05, 3.63) is 112 Å². The van der Waals surface area contributed by atoms with Gasteiger partial charge in [0.05, 0.1) is 10.5 Å². The summed E-state index contributed by atoms with van der Waals surface area (Å²) in [6.45, 7) is 0. The summed E-state index contributed by atoms with van der Waals surface area (Å²) < 4.78 is 0.821. The number of benzene rings is 4. The van der Waals surface area contributed by atoms with Crippen LogP contribution in [0.2, 0.25) is 0 Å². The molecule has 0 spiro atoms. The normalized spacial score (nSPS) is 10.6. The zero-order valence-corrected chi connectivity index (χ0v) is 16.5. The highest BCUT2D eigenvalue weighted by Crippen LogP contribution is 2.39. The molecule has 0 aliphatic rings. The summed E-state index contributed by atoms with van der Waals surface area (Å²) in [6.07, 6.45) is 0. The fraction of sp³-hybridized carbons (Fsp3) is 0. The molecule has 4 aromatic rings. The third-order valence-electron chi connectivity index (χ3n) is 4.67. The SMILES string of the molecule is O=[N+]([O-])c1ccc(-c2ccccc2)cc1-c1ccc(-c2ccccc2)cc1Br. The van der Waals surface area contributed by atoms with Crippen LogP contribution in [0.1, 0.15) is 0 Å². The zero-order valence-electron chi connectivity index (χ0n) is 14.9. The van der Waals surface area contributed by atoms with E-state index in [-0.39, 0.29) is 10.6 Å². The first kappa shape index (κ1) is 18.1. The van der Waals surface area contributed by atoms with Gasteiger partial charge in [0.25, 0.3) is 5.69 Å². The third kappa shape index (κ3) is 3.59. The molecular weight excluding hydrogens is 414 g/mol. The molecule has 4 heteroatoms. The summed E-state index contributed by atoms with van der Waals surface area (Å²) in [5.74, 6) is 0. The van der Waals surface area contributed by atoms with Gasteiger partial charge in [-0.1, -0.05) is 88.7 Å². The van der Waals surface area contributed by atoms with Gasteiger partial charge in [0.15, 0.2) is 0 Å². The second kappa shape index (κ2) is 7.79. The molecule has 0 radical (unpaired) electrons. The van der Waals surface area contributed by atoms with Crippen molar-refractivity contribution in [2.45, 2.75) is 0 Å². The molecule has 0 bridgehead atoms. The van der Waals surface area contributed by atoms with Crippen LogP contribution in [0.5, 0.6) is 0 Å². The molecule has 0 aliphatic carbocycles. The highest BCUT2D eigenvalue weighted by atomic mass is 79.9. The highest BCUT2D eigenvalue weighted by Gasteiger charge is 2.18. The number of nitrogens with zero attached hydrogens (tertiary/aromatic N) is 1. The minimum Gasteiger partial charge on any atom is -0.258 e. The van der Waals surface area contributed by atoms with Crippen LogP contribution in [0.15, 0.2) is 102 Å². The van der Waals surface area contributed by atoms with Gasteiger partial charge in [-0.15, -0.1) is 0 Å². The smallest absolute Gasteiger partial charge is 0.258 e. The number of hydrogen-bond acceptors (Lipinski definition) is 2. The summed E-state index contributed by atoms with van der Waals surface area (Å²) in [7, 11) is 0. The Balaban J connectivity index is 1.84. The molecule has 0 heterocycles. The predicted octanol–water partition coefficient (Wildman–Crippen LogP) is 7.36. The summed E-state index contributed by atoms with van der Waals surface area (Å²) >= 11 is 3.62. The summed E-state index contributed by atoms with van der Waals surface area (Å²) in [6, 6.07) is 31.1. The van der Waals surface area contributed by atoms with Gasteiger partial charge in [0.1, 0.15) is 0 Å². The van der Waals surface area contributed by atoms with Crippen LogP contribution in [-0.4, -0.2) is 4.92 Å². The van der Waals surface area contributed by atoms with E-state index < -0.39 is 0 Å². The molecule has 0 fully saturated rings. The van der Waals surface area contributed by atoms with E-state index in [0.717, 1.165) is 32.3 Å². The van der Waals surface area contributed by atoms with E-state index in [1.807, 2.05) is 84.9 Å². The molecule has 3 nitrogen and oxygen atoms in total. The molecule has 0 aliphatic heterocycles. The minimum atomic E-state index is -0.332. The second-order valence-electron chi connectivity index (χ2n) is 6.42. The Hall–Kier alpha value is -3.24. The van der Waals surface area contributed by atoms with Gasteiger partial charge in [-0.3, -0.25) is 10.1 Å². The summed E-state index contributed by atoms with van der Waals surface area (Å²) in [4.78, 5) is 11.3. The van der Waals surface area contributed by atoms with Crippen molar-refractivity contribution >= 4 is 21.6 Å². The van der Waals surface area contributed by atoms with Crippen molar-refractivity contribution in [3.8, 4) is 33.4 Å². The van der Waals surface area contributed by atoms with E-state index in [2.05, 4.69) is 15.9 Å². The van der Waals surface area contributed by atoms with E-state index in [4.69, 9.17) is 0 Å². The van der Waals surface area contributed by atoms with Crippen LogP contribution in [0.25, 0.3) is 33.4 Å². The standard InChI is InChI=1S/C24H16BrNO2/c25-23-16-20(18-9-5-2-6-10-18)11-13-21(23)22-15-19(12-14-24(22)26(27)28)17-7-3-1-4-8-17/h1-16H. The van der Waals surface area contributed by atoms with Gasteiger partial charge in [-0.25, -0.2) is 0 Å². The average Bonchev–Trinajstić information content (AvgIpc) is 2.74. The van der Waals surface area contributed by atoms with Crippen LogP contribution < -0.4 is 0 Å². The van der Waals surface area contributed by atoms with Crippen LogP contribution in [0.3, 0.4) is 0 Å².